The van der Waals surface area contributed by atoms with Gasteiger partial charge in [0.15, 0.2) is 0 Å². The summed E-state index contributed by atoms with van der Waals surface area (Å²) in [6.45, 7) is 5.34. The fraction of sp³-hybridized carbons (Fsp3) is 0.571. The van der Waals surface area contributed by atoms with Crippen molar-refractivity contribution >= 4 is 0 Å². The first-order valence-corrected chi connectivity index (χ1v) is 6.06. The highest BCUT2D eigenvalue weighted by Gasteiger charge is 2.25. The number of fused-ring (bicyclic) bond motifs is 1. The van der Waals surface area contributed by atoms with Gasteiger partial charge in [-0.3, -0.25) is 0 Å². The Kier molecular flexibility index (Phi) is 3.62. The number of hydrogen-bond acceptors (Lipinski definition) is 2. The molecule has 88 valence electrons. The monoisotopic (exact) mass is 219 g/mol. The van der Waals surface area contributed by atoms with Crippen molar-refractivity contribution in [2.24, 2.45) is 0 Å². The third-order valence-corrected chi connectivity index (χ3v) is 3.72. The molecular weight excluding hydrogens is 198 g/mol. The Bertz CT molecular complexity index is 350. The Morgan fingerprint density at radius 1 is 1.38 bits per heavy atom. The van der Waals surface area contributed by atoms with E-state index in [1.54, 1.807) is 7.11 Å². The second-order valence-electron chi connectivity index (χ2n) is 4.74. The third-order valence-electron chi connectivity index (χ3n) is 3.72. The quantitative estimate of drug-likeness (QED) is 0.820. The van der Waals surface area contributed by atoms with Gasteiger partial charge in [0.25, 0.3) is 0 Å². The number of nitrogens with one attached hydrogen (secondary N) is 1. The van der Waals surface area contributed by atoms with Crippen LogP contribution in [0.1, 0.15) is 30.9 Å². The molecule has 0 aromatic heterocycles. The first-order chi connectivity index (χ1) is 7.72. The summed E-state index contributed by atoms with van der Waals surface area (Å²) < 4.78 is 5.30. The maximum atomic E-state index is 5.30. The lowest BCUT2D eigenvalue weighted by molar-refractivity contribution is 0.0880. The molecule has 0 amide bonds. The molecule has 3 atom stereocenters. The fourth-order valence-electron chi connectivity index (χ4n) is 2.24. The summed E-state index contributed by atoms with van der Waals surface area (Å²) in [7, 11) is 1.77. The maximum absolute atomic E-state index is 5.30. The molecule has 0 fully saturated rings. The van der Waals surface area contributed by atoms with E-state index in [0.29, 0.717) is 12.0 Å². The molecule has 0 heterocycles. The SMILES string of the molecule is COC(C)C(C)NCC1Cc2ccccc21. The summed E-state index contributed by atoms with van der Waals surface area (Å²) in [6.07, 6.45) is 1.49. The summed E-state index contributed by atoms with van der Waals surface area (Å²) in [5, 5.41) is 3.55. The lowest BCUT2D eigenvalue weighted by Crippen LogP contribution is -2.40. The van der Waals surface area contributed by atoms with Gasteiger partial charge in [0, 0.05) is 25.6 Å². The molecule has 0 radical (unpaired) electrons. The maximum Gasteiger partial charge on any atom is 0.0693 e. The zero-order chi connectivity index (χ0) is 11.5. The van der Waals surface area contributed by atoms with Gasteiger partial charge in [-0.1, -0.05) is 24.3 Å². The van der Waals surface area contributed by atoms with Gasteiger partial charge in [-0.05, 0) is 31.4 Å². The summed E-state index contributed by atoms with van der Waals surface area (Å²) in [5.74, 6) is 0.697. The molecule has 0 saturated carbocycles. The second kappa shape index (κ2) is 4.98. The zero-order valence-electron chi connectivity index (χ0n) is 10.4. The Labute approximate surface area is 98.0 Å². The van der Waals surface area contributed by atoms with Crippen LogP contribution in [-0.2, 0) is 11.2 Å². The van der Waals surface area contributed by atoms with E-state index in [2.05, 4.69) is 43.4 Å². The molecule has 16 heavy (non-hydrogen) atoms. The van der Waals surface area contributed by atoms with Crippen LogP contribution in [-0.4, -0.2) is 25.8 Å². The molecule has 1 aliphatic carbocycles. The van der Waals surface area contributed by atoms with Gasteiger partial charge in [0.1, 0.15) is 0 Å². The molecule has 0 bridgehead atoms. The Balaban J connectivity index is 1.82. The van der Waals surface area contributed by atoms with Crippen molar-refractivity contribution < 1.29 is 4.74 Å². The predicted molar refractivity (Wildman–Crippen MR) is 66.8 cm³/mol. The van der Waals surface area contributed by atoms with Crippen molar-refractivity contribution in [3.05, 3.63) is 35.4 Å². The van der Waals surface area contributed by atoms with Crippen molar-refractivity contribution in [1.29, 1.82) is 0 Å². The molecular formula is C14H21NO. The van der Waals surface area contributed by atoms with Gasteiger partial charge in [-0.15, -0.1) is 0 Å². The van der Waals surface area contributed by atoms with Gasteiger partial charge in [0.2, 0.25) is 0 Å². The van der Waals surface area contributed by atoms with Crippen LogP contribution in [0.3, 0.4) is 0 Å². The first-order valence-electron chi connectivity index (χ1n) is 6.06. The van der Waals surface area contributed by atoms with E-state index in [1.807, 2.05) is 0 Å². The number of ether oxygens (including phenoxy) is 1. The predicted octanol–water partition coefficient (Wildman–Crippen LogP) is 2.34. The second-order valence-corrected chi connectivity index (χ2v) is 4.74. The lowest BCUT2D eigenvalue weighted by Gasteiger charge is -2.32. The average Bonchev–Trinajstić information content (AvgIpc) is 2.29. The van der Waals surface area contributed by atoms with E-state index in [4.69, 9.17) is 4.74 Å². The van der Waals surface area contributed by atoms with Crippen molar-refractivity contribution in [2.45, 2.75) is 38.3 Å². The number of benzene rings is 1. The minimum absolute atomic E-state index is 0.273. The molecule has 1 aliphatic rings. The fourth-order valence-corrected chi connectivity index (χ4v) is 2.24. The minimum atomic E-state index is 0.273. The topological polar surface area (TPSA) is 21.3 Å². The smallest absolute Gasteiger partial charge is 0.0693 e. The van der Waals surface area contributed by atoms with Crippen LogP contribution < -0.4 is 5.32 Å². The minimum Gasteiger partial charge on any atom is -0.380 e. The molecule has 0 saturated heterocycles. The van der Waals surface area contributed by atoms with Crippen LogP contribution in [0, 0.1) is 0 Å². The lowest BCUT2D eigenvalue weighted by atomic mass is 9.77. The van der Waals surface area contributed by atoms with Crippen molar-refractivity contribution in [1.82, 2.24) is 5.32 Å². The highest BCUT2D eigenvalue weighted by molar-refractivity contribution is 5.40. The summed E-state index contributed by atoms with van der Waals surface area (Å²) in [6, 6.07) is 9.14. The molecule has 1 aromatic rings. The molecule has 0 spiro atoms. The highest BCUT2D eigenvalue weighted by Crippen LogP contribution is 2.34. The van der Waals surface area contributed by atoms with Crippen LogP contribution in [0.4, 0.5) is 0 Å². The molecule has 3 unspecified atom stereocenters. The Morgan fingerprint density at radius 3 is 2.81 bits per heavy atom. The standard InChI is InChI=1S/C14H21NO/c1-10(11(2)16-3)15-9-13-8-12-6-4-5-7-14(12)13/h4-7,10-11,13,15H,8-9H2,1-3H3. The molecule has 0 aliphatic heterocycles. The van der Waals surface area contributed by atoms with Crippen LogP contribution in [0.15, 0.2) is 24.3 Å². The van der Waals surface area contributed by atoms with Crippen LogP contribution in [0.2, 0.25) is 0 Å². The normalized spacial score (nSPS) is 22.1. The van der Waals surface area contributed by atoms with Crippen LogP contribution in [0.5, 0.6) is 0 Å². The van der Waals surface area contributed by atoms with Crippen molar-refractivity contribution in [3.63, 3.8) is 0 Å². The zero-order valence-corrected chi connectivity index (χ0v) is 10.4. The van der Waals surface area contributed by atoms with Gasteiger partial charge in [0.05, 0.1) is 6.10 Å². The summed E-state index contributed by atoms with van der Waals surface area (Å²) in [5.41, 5.74) is 3.04. The number of rotatable bonds is 5. The Hall–Kier alpha value is -0.860. The molecule has 2 heteroatoms. The van der Waals surface area contributed by atoms with Gasteiger partial charge in [-0.2, -0.15) is 0 Å². The third kappa shape index (κ3) is 2.28. The van der Waals surface area contributed by atoms with E-state index >= 15 is 0 Å². The molecule has 2 nitrogen and oxygen atoms in total. The largest absolute Gasteiger partial charge is 0.380 e. The molecule has 2 rings (SSSR count). The van der Waals surface area contributed by atoms with Gasteiger partial charge < -0.3 is 10.1 Å². The van der Waals surface area contributed by atoms with E-state index in [9.17, 15) is 0 Å². The van der Waals surface area contributed by atoms with E-state index in [1.165, 1.54) is 17.5 Å². The van der Waals surface area contributed by atoms with Crippen molar-refractivity contribution in [3.8, 4) is 0 Å². The van der Waals surface area contributed by atoms with E-state index in [0.717, 1.165) is 6.54 Å². The molecule has 1 N–H and O–H groups in total. The van der Waals surface area contributed by atoms with Crippen LogP contribution >= 0.6 is 0 Å². The van der Waals surface area contributed by atoms with Crippen molar-refractivity contribution in [2.75, 3.05) is 13.7 Å². The Morgan fingerprint density at radius 2 is 2.12 bits per heavy atom. The van der Waals surface area contributed by atoms with Crippen LogP contribution in [0.25, 0.3) is 0 Å². The number of methoxy groups -OCH3 is 1. The summed E-state index contributed by atoms with van der Waals surface area (Å²) >= 11 is 0. The first kappa shape index (κ1) is 11.6. The average molecular weight is 219 g/mol. The highest BCUT2D eigenvalue weighted by atomic mass is 16.5. The molecule has 1 aromatic carbocycles. The van der Waals surface area contributed by atoms with Gasteiger partial charge in [-0.25, -0.2) is 0 Å². The summed E-state index contributed by atoms with van der Waals surface area (Å²) in [4.78, 5) is 0. The van der Waals surface area contributed by atoms with Gasteiger partial charge >= 0.3 is 0 Å². The van der Waals surface area contributed by atoms with E-state index < -0.39 is 0 Å². The van der Waals surface area contributed by atoms with E-state index in [-0.39, 0.29) is 6.10 Å². The number of hydrogen-bond donors (Lipinski definition) is 1.